The van der Waals surface area contributed by atoms with E-state index in [1.807, 2.05) is 69.3 Å². The SMILES string of the molecule is CCOc1ccccc1NC(=O)CSc1nc2c(C)nn(CC)c2c(=O)n1CCc1ccccc1. The quantitative estimate of drug-likeness (QED) is 0.263. The molecule has 2 aromatic heterocycles. The van der Waals surface area contributed by atoms with Crippen LogP contribution in [0.3, 0.4) is 0 Å². The Balaban J connectivity index is 1.61. The van der Waals surface area contributed by atoms with Gasteiger partial charge in [0.25, 0.3) is 5.56 Å². The normalized spacial score (nSPS) is 11.1. The Bertz CT molecular complexity index is 1380. The fraction of sp³-hybridized carbons (Fsp3) is 0.308. The Labute approximate surface area is 208 Å². The van der Waals surface area contributed by atoms with E-state index < -0.39 is 0 Å². The lowest BCUT2D eigenvalue weighted by atomic mass is 10.1. The van der Waals surface area contributed by atoms with Gasteiger partial charge in [-0.15, -0.1) is 0 Å². The third-order valence-electron chi connectivity index (χ3n) is 5.54. The molecule has 2 heterocycles. The van der Waals surface area contributed by atoms with E-state index in [2.05, 4.69) is 10.4 Å². The molecule has 8 nitrogen and oxygen atoms in total. The molecule has 1 N–H and O–H groups in total. The second-order valence-electron chi connectivity index (χ2n) is 7.95. The number of benzene rings is 2. The average molecular weight is 492 g/mol. The van der Waals surface area contributed by atoms with Crippen LogP contribution in [0.1, 0.15) is 25.1 Å². The molecule has 0 atom stereocenters. The molecule has 35 heavy (non-hydrogen) atoms. The second-order valence-corrected chi connectivity index (χ2v) is 8.89. The Kier molecular flexibility index (Phi) is 7.87. The van der Waals surface area contributed by atoms with Gasteiger partial charge in [0.1, 0.15) is 11.3 Å². The molecule has 1 amide bonds. The van der Waals surface area contributed by atoms with Crippen molar-refractivity contribution < 1.29 is 9.53 Å². The Morgan fingerprint density at radius 3 is 2.57 bits per heavy atom. The number of thioether (sulfide) groups is 1. The minimum absolute atomic E-state index is 0.102. The Hall–Kier alpha value is -3.59. The zero-order valence-electron chi connectivity index (χ0n) is 20.2. The molecular formula is C26H29N5O3S. The number of amides is 1. The summed E-state index contributed by atoms with van der Waals surface area (Å²) in [7, 11) is 0. The third-order valence-corrected chi connectivity index (χ3v) is 6.52. The molecule has 0 saturated carbocycles. The van der Waals surface area contributed by atoms with Crippen molar-refractivity contribution in [2.24, 2.45) is 0 Å². The maximum Gasteiger partial charge on any atom is 0.280 e. The minimum atomic E-state index is -0.202. The predicted molar refractivity (Wildman–Crippen MR) is 139 cm³/mol. The van der Waals surface area contributed by atoms with Gasteiger partial charge in [0, 0.05) is 13.1 Å². The fourth-order valence-corrected chi connectivity index (χ4v) is 4.70. The maximum absolute atomic E-state index is 13.5. The van der Waals surface area contributed by atoms with Crippen molar-refractivity contribution in [1.82, 2.24) is 19.3 Å². The van der Waals surface area contributed by atoms with E-state index in [0.29, 0.717) is 59.4 Å². The number of carbonyl (C=O) groups excluding carboxylic acids is 1. The van der Waals surface area contributed by atoms with Gasteiger partial charge in [0.15, 0.2) is 10.7 Å². The number of aromatic nitrogens is 4. The summed E-state index contributed by atoms with van der Waals surface area (Å²) in [6.45, 7) is 7.23. The van der Waals surface area contributed by atoms with E-state index >= 15 is 0 Å². The third kappa shape index (κ3) is 5.57. The van der Waals surface area contributed by atoms with Gasteiger partial charge in [-0.3, -0.25) is 18.8 Å². The summed E-state index contributed by atoms with van der Waals surface area (Å²) in [5.41, 5.74) is 3.38. The van der Waals surface area contributed by atoms with Gasteiger partial charge >= 0.3 is 0 Å². The van der Waals surface area contributed by atoms with Crippen LogP contribution in [0, 0.1) is 6.92 Å². The number of rotatable bonds is 10. The first-order valence-corrected chi connectivity index (χ1v) is 12.7. The van der Waals surface area contributed by atoms with Crippen molar-refractivity contribution in [3.63, 3.8) is 0 Å². The van der Waals surface area contributed by atoms with Gasteiger partial charge in [-0.25, -0.2) is 4.98 Å². The van der Waals surface area contributed by atoms with E-state index in [1.54, 1.807) is 15.3 Å². The largest absolute Gasteiger partial charge is 0.492 e. The lowest BCUT2D eigenvalue weighted by Crippen LogP contribution is -2.26. The first kappa shape index (κ1) is 24.5. The molecule has 182 valence electrons. The number of nitrogens with zero attached hydrogens (tertiary/aromatic N) is 4. The number of anilines is 1. The van der Waals surface area contributed by atoms with Crippen molar-refractivity contribution in [3.8, 4) is 5.75 Å². The molecule has 2 aromatic carbocycles. The standard InChI is InChI=1S/C26H29N5O3S/c1-4-31-24-23(18(3)29-31)28-26(30(25(24)33)16-15-19-11-7-6-8-12-19)35-17-22(32)27-20-13-9-10-14-21(20)34-5-2/h6-14H,4-5,15-17H2,1-3H3,(H,27,32). The molecule has 0 aliphatic heterocycles. The van der Waals surface area contributed by atoms with Crippen molar-refractivity contribution >= 4 is 34.4 Å². The summed E-state index contributed by atoms with van der Waals surface area (Å²) in [6.07, 6.45) is 0.675. The van der Waals surface area contributed by atoms with Gasteiger partial charge in [0.2, 0.25) is 5.91 Å². The molecule has 0 fully saturated rings. The highest BCUT2D eigenvalue weighted by molar-refractivity contribution is 7.99. The molecule has 4 rings (SSSR count). The van der Waals surface area contributed by atoms with Crippen LogP contribution in [-0.2, 0) is 24.3 Å². The lowest BCUT2D eigenvalue weighted by Gasteiger charge is -2.14. The minimum Gasteiger partial charge on any atom is -0.492 e. The van der Waals surface area contributed by atoms with E-state index in [-0.39, 0.29) is 17.2 Å². The van der Waals surface area contributed by atoms with E-state index in [0.717, 1.165) is 5.56 Å². The first-order valence-electron chi connectivity index (χ1n) is 11.7. The van der Waals surface area contributed by atoms with Crippen LogP contribution in [0.4, 0.5) is 5.69 Å². The van der Waals surface area contributed by atoms with E-state index in [4.69, 9.17) is 9.72 Å². The van der Waals surface area contributed by atoms with Crippen LogP contribution >= 0.6 is 11.8 Å². The highest BCUT2D eigenvalue weighted by Gasteiger charge is 2.19. The van der Waals surface area contributed by atoms with Gasteiger partial charge < -0.3 is 10.1 Å². The number of para-hydroxylation sites is 2. The fourth-order valence-electron chi connectivity index (χ4n) is 3.88. The monoisotopic (exact) mass is 491 g/mol. The van der Waals surface area contributed by atoms with Crippen LogP contribution in [0.15, 0.2) is 64.5 Å². The van der Waals surface area contributed by atoms with Crippen molar-refractivity contribution in [1.29, 1.82) is 0 Å². The number of nitrogens with one attached hydrogen (secondary N) is 1. The Morgan fingerprint density at radius 2 is 1.83 bits per heavy atom. The second kappa shape index (κ2) is 11.2. The number of carbonyl (C=O) groups is 1. The topological polar surface area (TPSA) is 91.0 Å². The number of aryl methyl sites for hydroxylation is 3. The highest BCUT2D eigenvalue weighted by atomic mass is 32.2. The predicted octanol–water partition coefficient (Wildman–Crippen LogP) is 4.29. The van der Waals surface area contributed by atoms with Crippen molar-refractivity contribution in [2.45, 2.75) is 45.4 Å². The molecule has 0 aliphatic carbocycles. The molecular weight excluding hydrogens is 462 g/mol. The number of fused-ring (bicyclic) bond motifs is 1. The summed E-state index contributed by atoms with van der Waals surface area (Å²) < 4.78 is 8.96. The maximum atomic E-state index is 13.5. The molecule has 0 aliphatic rings. The average Bonchev–Trinajstić information content (AvgIpc) is 3.20. The van der Waals surface area contributed by atoms with Gasteiger partial charge in [0.05, 0.1) is 23.7 Å². The summed E-state index contributed by atoms with van der Waals surface area (Å²) in [4.78, 5) is 31.1. The van der Waals surface area contributed by atoms with Crippen LogP contribution in [0.25, 0.3) is 11.0 Å². The molecule has 0 unspecified atom stereocenters. The van der Waals surface area contributed by atoms with Gasteiger partial charge in [-0.05, 0) is 44.9 Å². The van der Waals surface area contributed by atoms with Crippen LogP contribution in [0.2, 0.25) is 0 Å². The number of hydrogen-bond acceptors (Lipinski definition) is 6. The summed E-state index contributed by atoms with van der Waals surface area (Å²) in [5, 5.41) is 7.89. The molecule has 0 saturated heterocycles. The smallest absolute Gasteiger partial charge is 0.280 e. The van der Waals surface area contributed by atoms with E-state index in [1.165, 1.54) is 11.8 Å². The van der Waals surface area contributed by atoms with Gasteiger partial charge in [-0.2, -0.15) is 5.10 Å². The highest BCUT2D eigenvalue weighted by Crippen LogP contribution is 2.25. The summed E-state index contributed by atoms with van der Waals surface area (Å²) >= 11 is 1.25. The molecule has 0 bridgehead atoms. The first-order chi connectivity index (χ1) is 17.0. The number of hydrogen-bond donors (Lipinski definition) is 1. The zero-order chi connectivity index (χ0) is 24.8. The molecule has 0 radical (unpaired) electrons. The van der Waals surface area contributed by atoms with E-state index in [9.17, 15) is 9.59 Å². The molecule has 0 spiro atoms. The van der Waals surface area contributed by atoms with Crippen LogP contribution < -0.4 is 15.6 Å². The van der Waals surface area contributed by atoms with Crippen molar-refractivity contribution in [2.75, 3.05) is 17.7 Å². The molecule has 4 aromatic rings. The van der Waals surface area contributed by atoms with Crippen molar-refractivity contribution in [3.05, 3.63) is 76.2 Å². The Morgan fingerprint density at radius 1 is 1.09 bits per heavy atom. The lowest BCUT2D eigenvalue weighted by molar-refractivity contribution is -0.113. The number of ether oxygens (including phenoxy) is 1. The van der Waals surface area contributed by atoms with Crippen LogP contribution in [-0.4, -0.2) is 37.6 Å². The van der Waals surface area contributed by atoms with Crippen LogP contribution in [0.5, 0.6) is 5.75 Å². The summed E-state index contributed by atoms with van der Waals surface area (Å²) in [6, 6.07) is 17.3. The zero-order valence-corrected chi connectivity index (χ0v) is 21.0. The molecule has 9 heteroatoms. The summed E-state index contributed by atoms with van der Waals surface area (Å²) in [5.74, 6) is 0.521. The van der Waals surface area contributed by atoms with Gasteiger partial charge in [-0.1, -0.05) is 54.2 Å².